The molecule has 222 valence electrons. The number of nitriles is 1. The monoisotopic (exact) mass is 581 g/mol. The number of nitrogens with zero attached hydrogens (tertiary/aromatic N) is 3. The highest BCUT2D eigenvalue weighted by molar-refractivity contribution is 5.99. The van der Waals surface area contributed by atoms with Gasteiger partial charge >= 0.3 is 6.03 Å². The first kappa shape index (κ1) is 29.6. The minimum Gasteiger partial charge on any atom is -0.497 e. The number of pyridine rings is 1. The molecule has 0 unspecified atom stereocenters. The summed E-state index contributed by atoms with van der Waals surface area (Å²) in [5.41, 5.74) is 2.37. The van der Waals surface area contributed by atoms with Gasteiger partial charge in [0, 0.05) is 48.5 Å². The lowest BCUT2D eigenvalue weighted by molar-refractivity contribution is -0.928. The van der Waals surface area contributed by atoms with E-state index >= 15 is 0 Å². The summed E-state index contributed by atoms with van der Waals surface area (Å²) in [6, 6.07) is 21.3. The van der Waals surface area contributed by atoms with Crippen LogP contribution in [0.5, 0.6) is 23.0 Å². The number of methoxy groups -OCH3 is 1. The maximum absolute atomic E-state index is 12.4. The van der Waals surface area contributed by atoms with Crippen LogP contribution < -0.4 is 30.2 Å². The molecule has 0 bridgehead atoms. The van der Waals surface area contributed by atoms with Crippen LogP contribution in [0.3, 0.4) is 0 Å². The predicted octanol–water partition coefficient (Wildman–Crippen LogP) is 5.76. The van der Waals surface area contributed by atoms with Gasteiger partial charge in [-0.05, 0) is 67.6 Å². The van der Waals surface area contributed by atoms with Crippen molar-refractivity contribution in [3.05, 3.63) is 78.5 Å². The number of anilines is 2. The molecule has 3 aromatic carbocycles. The first-order valence-electron chi connectivity index (χ1n) is 14.5. The summed E-state index contributed by atoms with van der Waals surface area (Å²) in [6.07, 6.45) is 2.59. The number of urea groups is 1. The van der Waals surface area contributed by atoms with Crippen LogP contribution in [0.15, 0.2) is 72.9 Å². The van der Waals surface area contributed by atoms with Gasteiger partial charge in [-0.2, -0.15) is 5.26 Å². The Kier molecular flexibility index (Phi) is 9.56. The summed E-state index contributed by atoms with van der Waals surface area (Å²) in [4.78, 5) is 16.9. The Hall–Kier alpha value is -4.85. The molecule has 0 aliphatic carbocycles. The van der Waals surface area contributed by atoms with E-state index in [4.69, 9.17) is 14.2 Å². The molecule has 0 saturated carbocycles. The van der Waals surface area contributed by atoms with Crippen molar-refractivity contribution in [2.45, 2.75) is 13.3 Å². The molecule has 4 aromatic rings. The number of hydrogen-bond acceptors (Lipinski definition) is 7. The molecule has 2 amide bonds. The van der Waals surface area contributed by atoms with Crippen molar-refractivity contribution in [2.75, 3.05) is 63.6 Å². The average Bonchev–Trinajstić information content (AvgIpc) is 3.04. The fourth-order valence-electron chi connectivity index (χ4n) is 5.29. The Labute approximate surface area is 251 Å². The van der Waals surface area contributed by atoms with Crippen LogP contribution in [0.4, 0.5) is 16.2 Å². The molecule has 0 spiro atoms. The maximum Gasteiger partial charge on any atom is 0.323 e. The lowest BCUT2D eigenvalue weighted by Crippen LogP contribution is -2.59. The normalized spacial score (nSPS) is 14.0. The van der Waals surface area contributed by atoms with Gasteiger partial charge in [0.15, 0.2) is 0 Å². The number of piperazine rings is 1. The standard InChI is InChI=1S/C33H36N6O4/c1-3-39(18-15-35-16-19-39)17-4-20-42-32-22-30-29(21-24(32)23-34)31(13-14-36-30)43-28-11-7-26(8-12-28)38-33(40)37-25-5-9-27(41-2)10-6-25/h5-14,21-22,35H,3-4,15-20H2,1-2H3,(H-,37,38,40)/p+1. The molecule has 1 saturated heterocycles. The molecule has 10 nitrogen and oxygen atoms in total. The Morgan fingerprint density at radius 3 is 2.28 bits per heavy atom. The summed E-state index contributed by atoms with van der Waals surface area (Å²) in [5, 5.41) is 19.6. The zero-order valence-electron chi connectivity index (χ0n) is 24.6. The van der Waals surface area contributed by atoms with E-state index in [0.29, 0.717) is 57.4 Å². The number of amides is 2. The number of hydrogen-bond donors (Lipinski definition) is 3. The first-order chi connectivity index (χ1) is 21.0. The first-order valence-corrected chi connectivity index (χ1v) is 14.5. The number of likely N-dealkylation sites (N-methyl/N-ethyl adjacent to an activating group) is 1. The zero-order chi connectivity index (χ0) is 30.1. The third-order valence-electron chi connectivity index (χ3n) is 7.84. The van der Waals surface area contributed by atoms with Gasteiger partial charge in [-0.1, -0.05) is 0 Å². The molecule has 0 radical (unpaired) electrons. The molecule has 3 N–H and O–H groups in total. The molecule has 0 atom stereocenters. The number of quaternary nitrogens is 1. The molecule has 5 rings (SSSR count). The molecule has 10 heteroatoms. The van der Waals surface area contributed by atoms with Crippen LogP contribution in [0.25, 0.3) is 10.9 Å². The van der Waals surface area contributed by atoms with Gasteiger partial charge in [0.1, 0.15) is 29.1 Å². The summed E-state index contributed by atoms with van der Waals surface area (Å²) in [5.74, 6) is 2.39. The lowest BCUT2D eigenvalue weighted by atomic mass is 10.1. The highest BCUT2D eigenvalue weighted by Gasteiger charge is 2.27. The second-order valence-corrected chi connectivity index (χ2v) is 10.5. The van der Waals surface area contributed by atoms with E-state index in [1.54, 1.807) is 74.0 Å². The summed E-state index contributed by atoms with van der Waals surface area (Å²) >= 11 is 0. The van der Waals surface area contributed by atoms with Crippen LogP contribution in [0, 0.1) is 11.3 Å². The van der Waals surface area contributed by atoms with E-state index in [9.17, 15) is 10.1 Å². The fraction of sp³-hybridized carbons (Fsp3) is 0.303. The SMILES string of the molecule is CC[N+]1(CCCOc2cc3nccc(Oc4ccc(NC(=O)Nc5ccc(OC)cc5)cc4)c3cc2C#N)CCNCC1. The molecule has 1 aromatic heterocycles. The number of carbonyl (C=O) groups is 1. The Bertz CT molecular complexity index is 1580. The van der Waals surface area contributed by atoms with Crippen molar-refractivity contribution in [2.24, 2.45) is 0 Å². The van der Waals surface area contributed by atoms with Gasteiger partial charge in [-0.15, -0.1) is 0 Å². The van der Waals surface area contributed by atoms with Crippen molar-refractivity contribution >= 4 is 28.3 Å². The van der Waals surface area contributed by atoms with E-state index in [1.165, 1.54) is 0 Å². The van der Waals surface area contributed by atoms with Crippen LogP contribution >= 0.6 is 0 Å². The smallest absolute Gasteiger partial charge is 0.323 e. The van der Waals surface area contributed by atoms with Gasteiger partial charge in [0.25, 0.3) is 0 Å². The number of benzene rings is 3. The maximum atomic E-state index is 12.4. The topological polar surface area (TPSA) is 118 Å². The highest BCUT2D eigenvalue weighted by atomic mass is 16.5. The third-order valence-corrected chi connectivity index (χ3v) is 7.84. The molecule has 2 heterocycles. The van der Waals surface area contributed by atoms with Gasteiger partial charge in [-0.3, -0.25) is 4.98 Å². The second-order valence-electron chi connectivity index (χ2n) is 10.5. The van der Waals surface area contributed by atoms with Crippen molar-refractivity contribution in [3.8, 4) is 29.1 Å². The number of ether oxygens (including phenoxy) is 3. The molecular weight excluding hydrogens is 544 g/mol. The fourth-order valence-corrected chi connectivity index (χ4v) is 5.29. The number of nitrogens with one attached hydrogen (secondary N) is 3. The van der Waals surface area contributed by atoms with Crippen LogP contribution in [0.2, 0.25) is 0 Å². The number of carbonyl (C=O) groups excluding carboxylic acids is 1. The van der Waals surface area contributed by atoms with E-state index in [2.05, 4.69) is 33.9 Å². The van der Waals surface area contributed by atoms with Crippen LogP contribution in [0.1, 0.15) is 18.9 Å². The summed E-state index contributed by atoms with van der Waals surface area (Å²) in [7, 11) is 1.59. The third kappa shape index (κ3) is 7.52. The minimum absolute atomic E-state index is 0.365. The zero-order valence-corrected chi connectivity index (χ0v) is 24.6. The second kappa shape index (κ2) is 13.9. The number of rotatable bonds is 11. The minimum atomic E-state index is -0.365. The van der Waals surface area contributed by atoms with Crippen molar-refractivity contribution in [1.82, 2.24) is 10.3 Å². The van der Waals surface area contributed by atoms with E-state index in [-0.39, 0.29) is 6.03 Å². The summed E-state index contributed by atoms with van der Waals surface area (Å²) in [6.45, 7) is 9.36. The van der Waals surface area contributed by atoms with E-state index in [1.807, 2.05) is 6.07 Å². The highest BCUT2D eigenvalue weighted by Crippen LogP contribution is 2.33. The molecule has 1 aliphatic heterocycles. The number of aromatic nitrogens is 1. The quantitative estimate of drug-likeness (QED) is 0.152. The van der Waals surface area contributed by atoms with E-state index < -0.39 is 0 Å². The Morgan fingerprint density at radius 1 is 0.977 bits per heavy atom. The van der Waals surface area contributed by atoms with Crippen LogP contribution in [-0.4, -0.2) is 68.5 Å². The van der Waals surface area contributed by atoms with Crippen molar-refractivity contribution < 1.29 is 23.5 Å². The van der Waals surface area contributed by atoms with Crippen molar-refractivity contribution in [1.29, 1.82) is 5.26 Å². The molecule has 1 aliphatic rings. The number of fused-ring (bicyclic) bond motifs is 1. The van der Waals surface area contributed by atoms with Crippen LogP contribution in [-0.2, 0) is 0 Å². The van der Waals surface area contributed by atoms with Gasteiger partial charge in [0.05, 0.1) is 51.0 Å². The van der Waals surface area contributed by atoms with E-state index in [0.717, 1.165) is 50.2 Å². The Balaban J connectivity index is 1.21. The Morgan fingerprint density at radius 2 is 1.65 bits per heavy atom. The lowest BCUT2D eigenvalue weighted by Gasteiger charge is -2.41. The van der Waals surface area contributed by atoms with Gasteiger partial charge in [-0.25, -0.2) is 4.79 Å². The van der Waals surface area contributed by atoms with Crippen molar-refractivity contribution in [3.63, 3.8) is 0 Å². The van der Waals surface area contributed by atoms with Gasteiger partial charge in [0.2, 0.25) is 0 Å². The molecule has 1 fully saturated rings. The largest absolute Gasteiger partial charge is 0.497 e. The molecule has 43 heavy (non-hydrogen) atoms. The van der Waals surface area contributed by atoms with Gasteiger partial charge < -0.3 is 34.6 Å². The molecular formula is C33H37N6O4+. The summed E-state index contributed by atoms with van der Waals surface area (Å²) < 4.78 is 18.5. The predicted molar refractivity (Wildman–Crippen MR) is 167 cm³/mol. The average molecular weight is 582 g/mol.